The van der Waals surface area contributed by atoms with Crippen molar-refractivity contribution in [3.05, 3.63) is 52.1 Å². The maximum absolute atomic E-state index is 13.2. The molecule has 0 aliphatic rings. The van der Waals surface area contributed by atoms with Crippen molar-refractivity contribution in [2.24, 2.45) is 5.92 Å². The minimum absolute atomic E-state index is 0.320. The van der Waals surface area contributed by atoms with Crippen LogP contribution in [0.1, 0.15) is 25.2 Å². The van der Waals surface area contributed by atoms with Gasteiger partial charge in [0.1, 0.15) is 23.9 Å². The quantitative estimate of drug-likeness (QED) is 0.793. The third kappa shape index (κ3) is 4.86. The third-order valence-electron chi connectivity index (χ3n) is 2.95. The fourth-order valence-corrected chi connectivity index (χ4v) is 2.23. The van der Waals surface area contributed by atoms with Gasteiger partial charge in [-0.15, -0.1) is 0 Å². The van der Waals surface area contributed by atoms with E-state index in [9.17, 15) is 4.39 Å². The minimum atomic E-state index is -0.320. The Bertz CT molecular complexity index is 583. The molecule has 0 aliphatic heterocycles. The molecule has 2 rings (SSSR count). The summed E-state index contributed by atoms with van der Waals surface area (Å²) in [6.45, 7) is 6.24. The van der Waals surface area contributed by atoms with Crippen molar-refractivity contribution in [3.63, 3.8) is 0 Å². The van der Waals surface area contributed by atoms with Crippen LogP contribution in [0.25, 0.3) is 0 Å². The fourth-order valence-electron chi connectivity index (χ4n) is 1.87. The summed E-state index contributed by atoms with van der Waals surface area (Å²) in [5, 5.41) is 3.33. The fraction of sp³-hybridized carbons (Fsp3) is 0.375. The van der Waals surface area contributed by atoms with Crippen molar-refractivity contribution in [2.75, 3.05) is 6.54 Å². The van der Waals surface area contributed by atoms with E-state index in [1.807, 2.05) is 6.07 Å². The Kier molecular flexibility index (Phi) is 5.82. The molecule has 1 aromatic carbocycles. The molecular formula is C16H19BrFNO2. The smallest absolute Gasteiger partial charge is 0.136 e. The van der Waals surface area contributed by atoms with Gasteiger partial charge in [0.15, 0.2) is 0 Å². The van der Waals surface area contributed by atoms with Crippen LogP contribution in [-0.2, 0) is 13.2 Å². The molecule has 0 unspecified atom stereocenters. The molecule has 0 radical (unpaired) electrons. The Morgan fingerprint density at radius 3 is 2.90 bits per heavy atom. The van der Waals surface area contributed by atoms with Gasteiger partial charge in [-0.2, -0.15) is 0 Å². The van der Waals surface area contributed by atoms with E-state index in [1.165, 1.54) is 12.1 Å². The second-order valence-corrected chi connectivity index (χ2v) is 6.11. The first-order valence-electron chi connectivity index (χ1n) is 6.90. The van der Waals surface area contributed by atoms with Crippen LogP contribution in [0.3, 0.4) is 0 Å². The standard InChI is InChI=1S/C16H19BrFNO2/c1-11(2)8-19-9-16-12(5-6-20-16)10-21-15-7-13(18)3-4-14(15)17/h3-7,11,19H,8-10H2,1-2H3. The molecular weight excluding hydrogens is 337 g/mol. The summed E-state index contributed by atoms with van der Waals surface area (Å²) in [4.78, 5) is 0. The van der Waals surface area contributed by atoms with Gasteiger partial charge in [-0.05, 0) is 46.6 Å². The highest BCUT2D eigenvalue weighted by atomic mass is 79.9. The van der Waals surface area contributed by atoms with Crippen molar-refractivity contribution >= 4 is 15.9 Å². The Balaban J connectivity index is 1.94. The van der Waals surface area contributed by atoms with Gasteiger partial charge < -0.3 is 14.5 Å². The number of ether oxygens (including phenoxy) is 1. The van der Waals surface area contributed by atoms with E-state index >= 15 is 0 Å². The average Bonchev–Trinajstić information content (AvgIpc) is 2.87. The Labute approximate surface area is 132 Å². The molecule has 0 spiro atoms. The predicted octanol–water partition coefficient (Wildman–Crippen LogP) is 4.51. The van der Waals surface area contributed by atoms with Crippen LogP contribution in [-0.4, -0.2) is 6.54 Å². The summed E-state index contributed by atoms with van der Waals surface area (Å²) < 4.78 is 25.0. The van der Waals surface area contributed by atoms with Gasteiger partial charge in [0.2, 0.25) is 0 Å². The Hall–Kier alpha value is -1.33. The number of hydrogen-bond donors (Lipinski definition) is 1. The molecule has 0 aliphatic carbocycles. The minimum Gasteiger partial charge on any atom is -0.487 e. The van der Waals surface area contributed by atoms with Crippen LogP contribution in [0, 0.1) is 11.7 Å². The van der Waals surface area contributed by atoms with Gasteiger partial charge >= 0.3 is 0 Å². The summed E-state index contributed by atoms with van der Waals surface area (Å²) in [7, 11) is 0. The van der Waals surface area contributed by atoms with E-state index in [0.717, 1.165) is 22.3 Å². The van der Waals surface area contributed by atoms with E-state index in [2.05, 4.69) is 35.1 Å². The van der Waals surface area contributed by atoms with Gasteiger partial charge in [-0.1, -0.05) is 13.8 Å². The monoisotopic (exact) mass is 355 g/mol. The SMILES string of the molecule is CC(C)CNCc1occc1COc1cc(F)ccc1Br. The first-order valence-corrected chi connectivity index (χ1v) is 7.69. The first kappa shape index (κ1) is 16.0. The number of rotatable bonds is 7. The van der Waals surface area contributed by atoms with Crippen molar-refractivity contribution in [3.8, 4) is 5.75 Å². The van der Waals surface area contributed by atoms with Gasteiger partial charge in [-0.3, -0.25) is 0 Å². The third-order valence-corrected chi connectivity index (χ3v) is 3.61. The highest BCUT2D eigenvalue weighted by Crippen LogP contribution is 2.26. The lowest BCUT2D eigenvalue weighted by Crippen LogP contribution is -2.19. The largest absolute Gasteiger partial charge is 0.487 e. The summed E-state index contributed by atoms with van der Waals surface area (Å²) in [5.74, 6) is 1.60. The molecule has 1 heterocycles. The van der Waals surface area contributed by atoms with Gasteiger partial charge in [0.05, 0.1) is 17.3 Å². The molecule has 114 valence electrons. The van der Waals surface area contributed by atoms with Crippen LogP contribution < -0.4 is 10.1 Å². The normalized spacial score (nSPS) is 11.1. The molecule has 0 saturated carbocycles. The molecule has 3 nitrogen and oxygen atoms in total. The molecule has 1 N–H and O–H groups in total. The first-order chi connectivity index (χ1) is 10.1. The zero-order chi connectivity index (χ0) is 15.2. The lowest BCUT2D eigenvalue weighted by atomic mass is 10.2. The summed E-state index contributed by atoms with van der Waals surface area (Å²) >= 11 is 3.34. The van der Waals surface area contributed by atoms with Crippen molar-refractivity contribution in [2.45, 2.75) is 27.0 Å². The van der Waals surface area contributed by atoms with Crippen LogP contribution in [0.4, 0.5) is 4.39 Å². The number of hydrogen-bond acceptors (Lipinski definition) is 3. The number of benzene rings is 1. The van der Waals surface area contributed by atoms with Crippen molar-refractivity contribution in [1.29, 1.82) is 0 Å². The predicted molar refractivity (Wildman–Crippen MR) is 83.7 cm³/mol. The van der Waals surface area contributed by atoms with Gasteiger partial charge in [-0.25, -0.2) is 4.39 Å². The molecule has 0 bridgehead atoms. The van der Waals surface area contributed by atoms with E-state index in [4.69, 9.17) is 9.15 Å². The van der Waals surface area contributed by atoms with Crippen molar-refractivity contribution in [1.82, 2.24) is 5.32 Å². The molecule has 0 atom stereocenters. The Morgan fingerprint density at radius 1 is 1.33 bits per heavy atom. The zero-order valence-corrected chi connectivity index (χ0v) is 13.7. The molecule has 1 aromatic heterocycles. The van der Waals surface area contributed by atoms with E-state index < -0.39 is 0 Å². The summed E-state index contributed by atoms with van der Waals surface area (Å²) in [6.07, 6.45) is 1.64. The molecule has 0 fully saturated rings. The lowest BCUT2D eigenvalue weighted by Gasteiger charge is -2.10. The second kappa shape index (κ2) is 7.61. The highest BCUT2D eigenvalue weighted by Gasteiger charge is 2.09. The highest BCUT2D eigenvalue weighted by molar-refractivity contribution is 9.10. The van der Waals surface area contributed by atoms with E-state index in [0.29, 0.717) is 24.8 Å². The number of nitrogens with one attached hydrogen (secondary N) is 1. The number of halogens is 2. The van der Waals surface area contributed by atoms with Crippen LogP contribution in [0.2, 0.25) is 0 Å². The topological polar surface area (TPSA) is 34.4 Å². The van der Waals surface area contributed by atoms with E-state index in [1.54, 1.807) is 12.3 Å². The second-order valence-electron chi connectivity index (χ2n) is 5.26. The molecule has 2 aromatic rings. The van der Waals surface area contributed by atoms with Crippen molar-refractivity contribution < 1.29 is 13.5 Å². The Morgan fingerprint density at radius 2 is 2.14 bits per heavy atom. The van der Waals surface area contributed by atoms with Crippen LogP contribution in [0.5, 0.6) is 5.75 Å². The van der Waals surface area contributed by atoms with Crippen LogP contribution in [0.15, 0.2) is 39.4 Å². The molecule has 0 amide bonds. The average molecular weight is 356 g/mol. The summed E-state index contributed by atoms with van der Waals surface area (Å²) in [6, 6.07) is 6.25. The zero-order valence-electron chi connectivity index (χ0n) is 12.2. The summed E-state index contributed by atoms with van der Waals surface area (Å²) in [5.41, 5.74) is 0.961. The van der Waals surface area contributed by atoms with E-state index in [-0.39, 0.29) is 5.82 Å². The maximum Gasteiger partial charge on any atom is 0.136 e. The lowest BCUT2D eigenvalue weighted by molar-refractivity contribution is 0.297. The molecule has 0 saturated heterocycles. The van der Waals surface area contributed by atoms with Crippen LogP contribution >= 0.6 is 15.9 Å². The van der Waals surface area contributed by atoms with Gasteiger partial charge in [0.25, 0.3) is 0 Å². The molecule has 5 heteroatoms. The maximum atomic E-state index is 13.2. The molecule has 21 heavy (non-hydrogen) atoms. The van der Waals surface area contributed by atoms with Gasteiger partial charge in [0, 0.05) is 11.6 Å². The number of furan rings is 1.